The van der Waals surface area contributed by atoms with Crippen molar-refractivity contribution >= 4 is 5.90 Å². The van der Waals surface area contributed by atoms with Crippen LogP contribution in [0.25, 0.3) is 0 Å². The predicted octanol–water partition coefficient (Wildman–Crippen LogP) is 0.802. The Morgan fingerprint density at radius 1 is 1.43 bits per heavy atom. The number of ether oxygens (including phenoxy) is 2. The lowest BCUT2D eigenvalue weighted by Gasteiger charge is -2.09. The van der Waals surface area contributed by atoms with Crippen molar-refractivity contribution in [3.63, 3.8) is 0 Å². The molecule has 0 spiro atoms. The average molecular weight is 194 g/mol. The zero-order valence-corrected chi connectivity index (χ0v) is 7.95. The molecule has 0 saturated heterocycles. The third kappa shape index (κ3) is 3.35. The Kier molecular flexibility index (Phi) is 3.79. The Morgan fingerprint density at radius 2 is 2.14 bits per heavy atom. The van der Waals surface area contributed by atoms with Gasteiger partial charge in [0.05, 0.1) is 13.7 Å². The molecule has 1 N–H and O–H groups in total. The van der Waals surface area contributed by atoms with E-state index in [4.69, 9.17) is 14.9 Å². The lowest BCUT2D eigenvalue weighted by atomic mass is 10.3. The molecule has 0 saturated carbocycles. The van der Waals surface area contributed by atoms with Crippen molar-refractivity contribution < 1.29 is 14.6 Å². The van der Waals surface area contributed by atoms with E-state index >= 15 is 0 Å². The maximum Gasteiger partial charge on any atom is 0.122 e. The van der Waals surface area contributed by atoms with Crippen molar-refractivity contribution in [1.82, 2.24) is 0 Å². The quantitative estimate of drug-likeness (QED) is 0.557. The first-order valence-corrected chi connectivity index (χ1v) is 4.23. The van der Waals surface area contributed by atoms with Gasteiger partial charge in [0.15, 0.2) is 0 Å². The van der Waals surface area contributed by atoms with Crippen LogP contribution in [0.1, 0.15) is 6.42 Å². The second-order valence-corrected chi connectivity index (χ2v) is 2.70. The molecule has 1 aromatic rings. The van der Waals surface area contributed by atoms with Gasteiger partial charge in [0.25, 0.3) is 0 Å². The van der Waals surface area contributed by atoms with Gasteiger partial charge in [-0.2, -0.15) is 0 Å². The molecular weight excluding hydrogens is 182 g/mol. The first kappa shape index (κ1) is 10.4. The summed E-state index contributed by atoms with van der Waals surface area (Å²) in [5, 5.41) is 17.0. The van der Waals surface area contributed by atoms with E-state index in [9.17, 15) is 5.11 Å². The minimum absolute atomic E-state index is 0.108. The Hall–Kier alpha value is -1.71. The van der Waals surface area contributed by atoms with Crippen LogP contribution in [-0.2, 0) is 0 Å². The summed E-state index contributed by atoms with van der Waals surface area (Å²) in [4.78, 5) is 0. The van der Waals surface area contributed by atoms with E-state index in [1.807, 2.05) is 6.07 Å². The van der Waals surface area contributed by atoms with Gasteiger partial charge in [0, 0.05) is 12.5 Å². The molecule has 14 heavy (non-hydrogen) atoms. The van der Waals surface area contributed by atoms with Crippen molar-refractivity contribution in [1.29, 1.82) is 5.41 Å². The summed E-state index contributed by atoms with van der Waals surface area (Å²) < 4.78 is 10.2. The molecule has 0 fully saturated rings. The molecule has 1 rings (SSSR count). The van der Waals surface area contributed by atoms with Crippen molar-refractivity contribution in [2.75, 3.05) is 13.7 Å². The minimum Gasteiger partial charge on any atom is -0.862 e. The van der Waals surface area contributed by atoms with Gasteiger partial charge in [-0.1, -0.05) is 6.07 Å². The largest absolute Gasteiger partial charge is 0.862 e. The van der Waals surface area contributed by atoms with Gasteiger partial charge >= 0.3 is 0 Å². The first-order chi connectivity index (χ1) is 6.72. The molecule has 0 aliphatic heterocycles. The maximum absolute atomic E-state index is 10.3. The van der Waals surface area contributed by atoms with Gasteiger partial charge in [0.1, 0.15) is 11.5 Å². The highest BCUT2D eigenvalue weighted by atomic mass is 16.5. The molecule has 0 bridgehead atoms. The summed E-state index contributed by atoms with van der Waals surface area (Å²) in [5.41, 5.74) is 0. The second-order valence-electron chi connectivity index (χ2n) is 2.70. The standard InChI is InChI=1S/C10H13NO3/c1-13-8-3-2-4-9(7-8)14-6-5-10(11)12/h2-4,7H,5-6H2,1H3,(H2,11,12)/p-1. The van der Waals surface area contributed by atoms with E-state index in [-0.39, 0.29) is 13.0 Å². The second kappa shape index (κ2) is 5.11. The van der Waals surface area contributed by atoms with Crippen LogP contribution >= 0.6 is 0 Å². The van der Waals surface area contributed by atoms with E-state index in [0.29, 0.717) is 11.5 Å². The average Bonchev–Trinajstić information content (AvgIpc) is 2.18. The number of nitrogens with one attached hydrogen (secondary N) is 1. The van der Waals surface area contributed by atoms with Gasteiger partial charge in [0.2, 0.25) is 0 Å². The molecule has 0 atom stereocenters. The smallest absolute Gasteiger partial charge is 0.122 e. The lowest BCUT2D eigenvalue weighted by molar-refractivity contribution is -0.220. The first-order valence-electron chi connectivity index (χ1n) is 4.23. The fourth-order valence-electron chi connectivity index (χ4n) is 0.953. The summed E-state index contributed by atoms with van der Waals surface area (Å²) in [5.74, 6) is 0.734. The van der Waals surface area contributed by atoms with E-state index in [0.717, 1.165) is 0 Å². The highest BCUT2D eigenvalue weighted by Crippen LogP contribution is 2.18. The minimum atomic E-state index is -0.618. The zero-order chi connectivity index (χ0) is 10.4. The van der Waals surface area contributed by atoms with Crippen LogP contribution < -0.4 is 14.6 Å². The third-order valence-electron chi connectivity index (χ3n) is 1.64. The Bertz CT molecular complexity index is 312. The SMILES string of the molecule is COc1cccc(OCCC(=N)[O-])c1. The molecule has 1 aromatic carbocycles. The predicted molar refractivity (Wildman–Crippen MR) is 50.8 cm³/mol. The van der Waals surface area contributed by atoms with Crippen molar-refractivity contribution in [3.8, 4) is 11.5 Å². The number of hydrogen-bond donors (Lipinski definition) is 1. The van der Waals surface area contributed by atoms with Crippen LogP contribution in [0.2, 0.25) is 0 Å². The molecule has 0 unspecified atom stereocenters. The summed E-state index contributed by atoms with van der Waals surface area (Å²) in [6, 6.07) is 7.12. The molecule has 76 valence electrons. The van der Waals surface area contributed by atoms with Crippen molar-refractivity contribution in [3.05, 3.63) is 24.3 Å². The normalized spacial score (nSPS) is 9.50. The van der Waals surface area contributed by atoms with E-state index in [1.165, 1.54) is 0 Å². The number of hydrogen-bond acceptors (Lipinski definition) is 4. The number of benzene rings is 1. The third-order valence-corrected chi connectivity index (χ3v) is 1.64. The van der Waals surface area contributed by atoms with Crippen LogP contribution in [0.5, 0.6) is 11.5 Å². The molecule has 4 heteroatoms. The Balaban J connectivity index is 2.46. The van der Waals surface area contributed by atoms with E-state index < -0.39 is 5.90 Å². The number of rotatable bonds is 5. The monoisotopic (exact) mass is 194 g/mol. The van der Waals surface area contributed by atoms with Crippen molar-refractivity contribution in [2.45, 2.75) is 6.42 Å². The van der Waals surface area contributed by atoms with Gasteiger partial charge < -0.3 is 20.0 Å². The van der Waals surface area contributed by atoms with E-state index in [2.05, 4.69) is 0 Å². The van der Waals surface area contributed by atoms with Crippen LogP contribution in [0, 0.1) is 5.41 Å². The lowest BCUT2D eigenvalue weighted by Crippen LogP contribution is -2.18. The highest BCUT2D eigenvalue weighted by molar-refractivity contribution is 5.67. The number of methoxy groups -OCH3 is 1. The zero-order valence-electron chi connectivity index (χ0n) is 7.95. The Morgan fingerprint density at radius 3 is 2.79 bits per heavy atom. The van der Waals surface area contributed by atoms with Gasteiger partial charge in [-0.25, -0.2) is 0 Å². The van der Waals surface area contributed by atoms with Crippen LogP contribution in [-0.4, -0.2) is 19.6 Å². The van der Waals surface area contributed by atoms with Crippen LogP contribution in [0.3, 0.4) is 0 Å². The van der Waals surface area contributed by atoms with Crippen LogP contribution in [0.15, 0.2) is 24.3 Å². The maximum atomic E-state index is 10.3. The summed E-state index contributed by atoms with van der Waals surface area (Å²) in [6.07, 6.45) is 0.108. The van der Waals surface area contributed by atoms with Crippen LogP contribution in [0.4, 0.5) is 0 Å². The summed E-state index contributed by atoms with van der Waals surface area (Å²) in [6.45, 7) is 0.232. The van der Waals surface area contributed by atoms with Gasteiger partial charge in [-0.15, -0.1) is 0 Å². The molecule has 0 aromatic heterocycles. The van der Waals surface area contributed by atoms with Gasteiger partial charge in [-0.05, 0) is 18.0 Å². The van der Waals surface area contributed by atoms with Crippen molar-refractivity contribution in [2.24, 2.45) is 0 Å². The molecule has 0 aliphatic carbocycles. The molecule has 0 amide bonds. The summed E-state index contributed by atoms with van der Waals surface area (Å²) >= 11 is 0. The Labute approximate surface area is 82.6 Å². The molecule has 4 nitrogen and oxygen atoms in total. The van der Waals surface area contributed by atoms with Gasteiger partial charge in [-0.3, -0.25) is 0 Å². The topological polar surface area (TPSA) is 65.4 Å². The molecule has 0 radical (unpaired) electrons. The highest BCUT2D eigenvalue weighted by Gasteiger charge is 1.95. The molecule has 0 aliphatic rings. The molecular formula is C10H12NO3-. The fourth-order valence-corrected chi connectivity index (χ4v) is 0.953. The summed E-state index contributed by atoms with van der Waals surface area (Å²) in [7, 11) is 1.58. The fraction of sp³-hybridized carbons (Fsp3) is 0.300. The molecule has 0 heterocycles. The van der Waals surface area contributed by atoms with E-state index in [1.54, 1.807) is 25.3 Å².